The second kappa shape index (κ2) is 9.50. The lowest BCUT2D eigenvalue weighted by atomic mass is 9.81. The summed E-state index contributed by atoms with van der Waals surface area (Å²) in [6.45, 7) is 7.78. The fourth-order valence-corrected chi connectivity index (χ4v) is 5.95. The van der Waals surface area contributed by atoms with Crippen molar-refractivity contribution in [1.82, 2.24) is 4.90 Å². The maximum absolute atomic E-state index is 13.2. The van der Waals surface area contributed by atoms with Crippen LogP contribution in [0.25, 0.3) is 0 Å². The van der Waals surface area contributed by atoms with Gasteiger partial charge in [0.15, 0.2) is 23.1 Å². The highest BCUT2D eigenvalue weighted by molar-refractivity contribution is 6.33. The predicted molar refractivity (Wildman–Crippen MR) is 135 cm³/mol. The van der Waals surface area contributed by atoms with Gasteiger partial charge in [-0.25, -0.2) is 0 Å². The highest BCUT2D eigenvalue weighted by Gasteiger charge is 2.47. The molecule has 0 aromatic heterocycles. The average molecular weight is 486 g/mol. The molecule has 1 heterocycles. The molecule has 0 saturated heterocycles. The Kier molecular flexibility index (Phi) is 6.99. The van der Waals surface area contributed by atoms with Gasteiger partial charge in [0.05, 0.1) is 5.02 Å². The molecule has 1 aromatic carbocycles. The molecule has 1 aliphatic heterocycles. The Morgan fingerprint density at radius 2 is 1.76 bits per heavy atom. The van der Waals surface area contributed by atoms with Gasteiger partial charge in [-0.1, -0.05) is 23.3 Å². The van der Waals surface area contributed by atoms with Crippen LogP contribution >= 0.6 is 11.6 Å². The SMILES string of the molecule is CC1=CC(C)=C(CCC(=O)c2cc(Cl)c3c(c2C)O[C@@](C)(C2CCC(N(C)C)CC2)O3)C(=O)C1. The smallest absolute Gasteiger partial charge is 0.251 e. The minimum absolute atomic E-state index is 0.0368. The zero-order valence-corrected chi connectivity index (χ0v) is 22.0. The Hall–Kier alpha value is -2.11. The number of carbonyl (C=O) groups is 2. The molecule has 4 rings (SSSR count). The fraction of sp³-hybridized carbons (Fsp3) is 0.571. The zero-order chi connectivity index (χ0) is 24.8. The summed E-state index contributed by atoms with van der Waals surface area (Å²) < 4.78 is 12.8. The highest BCUT2D eigenvalue weighted by Crippen LogP contribution is 2.51. The average Bonchev–Trinajstić information content (AvgIpc) is 3.15. The van der Waals surface area contributed by atoms with E-state index < -0.39 is 5.79 Å². The summed E-state index contributed by atoms with van der Waals surface area (Å²) in [5.41, 5.74) is 4.08. The van der Waals surface area contributed by atoms with Gasteiger partial charge in [-0.05, 0) is 84.2 Å². The lowest BCUT2D eigenvalue weighted by molar-refractivity contribution is -0.123. The highest BCUT2D eigenvalue weighted by atomic mass is 35.5. The van der Waals surface area contributed by atoms with E-state index in [2.05, 4.69) is 19.0 Å². The molecule has 0 spiro atoms. The summed E-state index contributed by atoms with van der Waals surface area (Å²) >= 11 is 6.60. The standard InChI is InChI=1S/C28H36ClNO4/c1-16-13-17(2)21(25(32)14-16)11-12-24(31)22-15-23(29)27-26(18(22)3)33-28(4,34-27)19-7-9-20(10-8-19)30(5)6/h13,15,19-20H,7-12,14H2,1-6H3/t19?,20?,28-/m1/s1. The zero-order valence-electron chi connectivity index (χ0n) is 21.2. The van der Waals surface area contributed by atoms with E-state index in [1.807, 2.05) is 33.8 Å². The van der Waals surface area contributed by atoms with Crippen molar-refractivity contribution in [2.24, 2.45) is 5.92 Å². The van der Waals surface area contributed by atoms with Crippen LogP contribution in [0.1, 0.15) is 81.6 Å². The number of benzene rings is 1. The first-order chi connectivity index (χ1) is 16.0. The topological polar surface area (TPSA) is 55.8 Å². The first-order valence-corrected chi connectivity index (χ1v) is 12.7. The molecule has 0 radical (unpaired) electrons. The van der Waals surface area contributed by atoms with Crippen LogP contribution in [0.15, 0.2) is 28.9 Å². The molecular formula is C28H36ClNO4. The Morgan fingerprint density at radius 3 is 2.38 bits per heavy atom. The van der Waals surface area contributed by atoms with Crippen LogP contribution in [0.4, 0.5) is 0 Å². The normalized spacial score (nSPS) is 26.8. The number of carbonyl (C=O) groups excluding carboxylic acids is 2. The quantitative estimate of drug-likeness (QED) is 0.433. The van der Waals surface area contributed by atoms with Gasteiger partial charge in [0.1, 0.15) is 0 Å². The van der Waals surface area contributed by atoms with Gasteiger partial charge in [-0.3, -0.25) is 9.59 Å². The first kappa shape index (κ1) is 25.0. The number of hydrogen-bond donors (Lipinski definition) is 0. The van der Waals surface area contributed by atoms with Gasteiger partial charge in [-0.15, -0.1) is 0 Å². The Morgan fingerprint density at radius 1 is 1.12 bits per heavy atom. The van der Waals surface area contributed by atoms with Gasteiger partial charge in [0, 0.05) is 42.9 Å². The molecule has 34 heavy (non-hydrogen) atoms. The van der Waals surface area contributed by atoms with E-state index in [4.69, 9.17) is 21.1 Å². The molecule has 1 fully saturated rings. The summed E-state index contributed by atoms with van der Waals surface area (Å²) in [5.74, 6) is 0.673. The summed E-state index contributed by atoms with van der Waals surface area (Å²) in [5, 5.41) is 0.400. The van der Waals surface area contributed by atoms with Crippen LogP contribution in [-0.2, 0) is 4.79 Å². The summed E-state index contributed by atoms with van der Waals surface area (Å²) in [4.78, 5) is 27.9. The van der Waals surface area contributed by atoms with E-state index in [1.165, 1.54) is 0 Å². The Balaban J connectivity index is 1.50. The third kappa shape index (κ3) is 4.70. The van der Waals surface area contributed by atoms with Gasteiger partial charge in [-0.2, -0.15) is 0 Å². The maximum atomic E-state index is 13.2. The lowest BCUT2D eigenvalue weighted by Gasteiger charge is -2.39. The number of hydrogen-bond acceptors (Lipinski definition) is 5. The van der Waals surface area contributed by atoms with E-state index in [0.29, 0.717) is 41.0 Å². The van der Waals surface area contributed by atoms with Crippen molar-refractivity contribution in [1.29, 1.82) is 0 Å². The van der Waals surface area contributed by atoms with Crippen LogP contribution < -0.4 is 9.47 Å². The van der Waals surface area contributed by atoms with Gasteiger partial charge >= 0.3 is 0 Å². The number of ketones is 2. The molecule has 3 aliphatic rings. The molecule has 0 unspecified atom stereocenters. The third-order valence-electron chi connectivity index (χ3n) is 7.83. The molecule has 0 amide bonds. The van der Waals surface area contributed by atoms with E-state index in [9.17, 15) is 9.59 Å². The Bertz CT molecular complexity index is 1080. The summed E-state index contributed by atoms with van der Waals surface area (Å²) in [6, 6.07) is 2.29. The van der Waals surface area contributed by atoms with E-state index >= 15 is 0 Å². The van der Waals surface area contributed by atoms with Crippen LogP contribution in [-0.4, -0.2) is 42.4 Å². The number of rotatable bonds is 6. The van der Waals surface area contributed by atoms with E-state index in [1.54, 1.807) is 6.07 Å². The molecular weight excluding hydrogens is 450 g/mol. The lowest BCUT2D eigenvalue weighted by Crippen LogP contribution is -2.46. The molecule has 1 saturated carbocycles. The van der Waals surface area contributed by atoms with Crippen LogP contribution in [0.3, 0.4) is 0 Å². The summed E-state index contributed by atoms with van der Waals surface area (Å²) in [6.07, 6.45) is 7.42. The number of nitrogens with zero attached hydrogens (tertiary/aromatic N) is 1. The van der Waals surface area contributed by atoms with Crippen LogP contribution in [0.2, 0.25) is 5.02 Å². The minimum Gasteiger partial charge on any atom is -0.448 e. The van der Waals surface area contributed by atoms with Gasteiger partial charge in [0.25, 0.3) is 5.79 Å². The van der Waals surface area contributed by atoms with Crippen molar-refractivity contribution >= 4 is 23.2 Å². The van der Waals surface area contributed by atoms with Gasteiger partial charge in [0.2, 0.25) is 0 Å². The molecule has 0 N–H and O–H groups in total. The summed E-state index contributed by atoms with van der Waals surface area (Å²) in [7, 11) is 4.26. The molecule has 5 nitrogen and oxygen atoms in total. The number of fused-ring (bicyclic) bond motifs is 1. The monoisotopic (exact) mass is 485 g/mol. The number of Topliss-reactive ketones (excluding diaryl/α,β-unsaturated/α-hetero) is 2. The van der Waals surface area contributed by atoms with Crippen molar-refractivity contribution in [2.75, 3.05) is 14.1 Å². The second-order valence-corrected chi connectivity index (χ2v) is 11.0. The van der Waals surface area contributed by atoms with Crippen LogP contribution in [0, 0.1) is 12.8 Å². The van der Waals surface area contributed by atoms with Crippen molar-refractivity contribution in [3.05, 3.63) is 45.0 Å². The van der Waals surface area contributed by atoms with Crippen molar-refractivity contribution < 1.29 is 19.1 Å². The Labute approximate surface area is 208 Å². The minimum atomic E-state index is -0.781. The van der Waals surface area contributed by atoms with Crippen molar-refractivity contribution in [3.63, 3.8) is 0 Å². The molecule has 1 atom stereocenters. The van der Waals surface area contributed by atoms with Crippen molar-refractivity contribution in [2.45, 2.75) is 84.5 Å². The molecule has 2 aliphatic carbocycles. The van der Waals surface area contributed by atoms with E-state index in [-0.39, 0.29) is 23.9 Å². The van der Waals surface area contributed by atoms with E-state index in [0.717, 1.165) is 48.0 Å². The van der Waals surface area contributed by atoms with Gasteiger partial charge < -0.3 is 14.4 Å². The predicted octanol–water partition coefficient (Wildman–Crippen LogP) is 6.45. The second-order valence-electron chi connectivity index (χ2n) is 10.6. The number of halogens is 1. The maximum Gasteiger partial charge on any atom is 0.251 e. The number of allylic oxidation sites excluding steroid dienone is 4. The molecule has 184 valence electrons. The first-order valence-electron chi connectivity index (χ1n) is 12.3. The third-order valence-corrected chi connectivity index (χ3v) is 8.11. The fourth-order valence-electron chi connectivity index (χ4n) is 5.72. The van der Waals surface area contributed by atoms with Crippen LogP contribution in [0.5, 0.6) is 11.5 Å². The molecule has 0 bridgehead atoms. The number of ether oxygens (including phenoxy) is 2. The van der Waals surface area contributed by atoms with Crippen molar-refractivity contribution in [3.8, 4) is 11.5 Å². The molecule has 1 aromatic rings. The largest absolute Gasteiger partial charge is 0.448 e. The molecule has 6 heteroatoms.